The van der Waals surface area contributed by atoms with Gasteiger partial charge in [-0.1, -0.05) is 20.8 Å². The maximum atomic E-state index is 5.56. The summed E-state index contributed by atoms with van der Waals surface area (Å²) in [7, 11) is 0. The molecule has 0 amide bonds. The highest BCUT2D eigenvalue weighted by molar-refractivity contribution is 4.98. The molecule has 1 aromatic heterocycles. The van der Waals surface area contributed by atoms with Gasteiger partial charge in [0.2, 0.25) is 0 Å². The molecule has 0 bridgehead atoms. The molecular weight excluding hydrogens is 214 g/mol. The molecule has 0 spiro atoms. The van der Waals surface area contributed by atoms with Crippen molar-refractivity contribution in [3.8, 4) is 0 Å². The van der Waals surface area contributed by atoms with Gasteiger partial charge >= 0.3 is 0 Å². The summed E-state index contributed by atoms with van der Waals surface area (Å²) >= 11 is 0. The predicted octanol–water partition coefficient (Wildman–Crippen LogP) is 2.06. The van der Waals surface area contributed by atoms with E-state index in [1.807, 2.05) is 10.9 Å². The van der Waals surface area contributed by atoms with Crippen molar-refractivity contribution < 1.29 is 4.74 Å². The minimum atomic E-state index is 0.714. The van der Waals surface area contributed by atoms with Crippen LogP contribution >= 0.6 is 0 Å². The van der Waals surface area contributed by atoms with Crippen LogP contribution in [0.25, 0.3) is 0 Å². The smallest absolute Gasteiger partial charge is 0.0762 e. The van der Waals surface area contributed by atoms with E-state index in [-0.39, 0.29) is 0 Å². The van der Waals surface area contributed by atoms with Crippen LogP contribution in [-0.2, 0) is 17.8 Å². The summed E-state index contributed by atoms with van der Waals surface area (Å²) in [6, 6.07) is 2.05. The summed E-state index contributed by atoms with van der Waals surface area (Å²) in [5.41, 5.74) is 1.09. The van der Waals surface area contributed by atoms with Crippen LogP contribution in [0.3, 0.4) is 0 Å². The second-order valence-corrected chi connectivity index (χ2v) is 4.65. The third-order valence-corrected chi connectivity index (χ3v) is 2.56. The first-order chi connectivity index (χ1) is 8.22. The Hall–Kier alpha value is -0.870. The van der Waals surface area contributed by atoms with Crippen LogP contribution in [0.15, 0.2) is 12.3 Å². The van der Waals surface area contributed by atoms with Gasteiger partial charge in [0.05, 0.1) is 18.8 Å². The van der Waals surface area contributed by atoms with Gasteiger partial charge in [-0.2, -0.15) is 5.10 Å². The monoisotopic (exact) mass is 239 g/mol. The van der Waals surface area contributed by atoms with Crippen molar-refractivity contribution in [1.29, 1.82) is 0 Å². The third kappa shape index (κ3) is 6.44. The second kappa shape index (κ2) is 8.25. The molecule has 0 atom stereocenters. The first kappa shape index (κ1) is 14.2. The number of nitrogens with one attached hydrogen (secondary N) is 1. The summed E-state index contributed by atoms with van der Waals surface area (Å²) in [6.07, 6.45) is 3.14. The van der Waals surface area contributed by atoms with Crippen molar-refractivity contribution in [3.63, 3.8) is 0 Å². The average Bonchev–Trinajstić information content (AvgIpc) is 2.73. The first-order valence-corrected chi connectivity index (χ1v) is 6.53. The first-order valence-electron chi connectivity index (χ1n) is 6.53. The lowest BCUT2D eigenvalue weighted by molar-refractivity contribution is 0.114. The van der Waals surface area contributed by atoms with E-state index in [0.29, 0.717) is 5.92 Å². The topological polar surface area (TPSA) is 39.1 Å². The predicted molar refractivity (Wildman–Crippen MR) is 69.9 cm³/mol. The SMILES string of the molecule is CCNCc1ccn(CCOCCC(C)C)n1. The molecule has 98 valence electrons. The van der Waals surface area contributed by atoms with Crippen molar-refractivity contribution in [1.82, 2.24) is 15.1 Å². The summed E-state index contributed by atoms with van der Waals surface area (Å²) < 4.78 is 7.51. The highest BCUT2D eigenvalue weighted by Gasteiger charge is 1.98. The van der Waals surface area contributed by atoms with Gasteiger partial charge in [-0.15, -0.1) is 0 Å². The molecule has 1 aromatic rings. The maximum absolute atomic E-state index is 5.56. The average molecular weight is 239 g/mol. The van der Waals surface area contributed by atoms with Crippen LogP contribution in [0.4, 0.5) is 0 Å². The molecule has 17 heavy (non-hydrogen) atoms. The molecule has 0 fully saturated rings. The summed E-state index contributed by atoms with van der Waals surface area (Å²) in [5.74, 6) is 0.714. The Bertz CT molecular complexity index is 297. The van der Waals surface area contributed by atoms with Gasteiger partial charge in [0.25, 0.3) is 0 Å². The normalized spacial score (nSPS) is 11.3. The number of aromatic nitrogens is 2. The Kier molecular flexibility index (Phi) is 6.89. The fraction of sp³-hybridized carbons (Fsp3) is 0.769. The fourth-order valence-electron chi connectivity index (χ4n) is 1.45. The number of rotatable bonds is 9. The molecule has 0 unspecified atom stereocenters. The van der Waals surface area contributed by atoms with Gasteiger partial charge in [0.15, 0.2) is 0 Å². The van der Waals surface area contributed by atoms with E-state index in [2.05, 4.69) is 37.3 Å². The van der Waals surface area contributed by atoms with Gasteiger partial charge in [0.1, 0.15) is 0 Å². The molecule has 0 aromatic carbocycles. The number of ether oxygens (including phenoxy) is 1. The van der Waals surface area contributed by atoms with Gasteiger partial charge in [-0.05, 0) is 24.9 Å². The van der Waals surface area contributed by atoms with Crippen LogP contribution in [-0.4, -0.2) is 29.5 Å². The molecule has 0 saturated carbocycles. The molecule has 1 heterocycles. The van der Waals surface area contributed by atoms with E-state index in [4.69, 9.17) is 4.74 Å². The largest absolute Gasteiger partial charge is 0.380 e. The molecule has 0 radical (unpaired) electrons. The Balaban J connectivity index is 2.12. The van der Waals surface area contributed by atoms with Crippen molar-refractivity contribution in [2.45, 2.75) is 40.3 Å². The van der Waals surface area contributed by atoms with E-state index in [9.17, 15) is 0 Å². The number of hydrogen-bond donors (Lipinski definition) is 1. The molecule has 0 aliphatic carbocycles. The molecule has 4 heteroatoms. The van der Waals surface area contributed by atoms with Crippen LogP contribution in [0, 0.1) is 5.92 Å². The van der Waals surface area contributed by atoms with Gasteiger partial charge in [-0.3, -0.25) is 4.68 Å². The maximum Gasteiger partial charge on any atom is 0.0762 e. The fourth-order valence-corrected chi connectivity index (χ4v) is 1.45. The van der Waals surface area contributed by atoms with E-state index in [0.717, 1.165) is 45.0 Å². The van der Waals surface area contributed by atoms with E-state index < -0.39 is 0 Å². The Morgan fingerprint density at radius 2 is 2.24 bits per heavy atom. The van der Waals surface area contributed by atoms with Gasteiger partial charge in [-0.25, -0.2) is 0 Å². The molecule has 4 nitrogen and oxygen atoms in total. The zero-order valence-corrected chi connectivity index (χ0v) is 11.3. The molecule has 1 N–H and O–H groups in total. The lowest BCUT2D eigenvalue weighted by atomic mass is 10.1. The molecular formula is C13H25N3O. The Labute approximate surface area is 104 Å². The zero-order chi connectivity index (χ0) is 12.5. The van der Waals surface area contributed by atoms with E-state index in [1.54, 1.807) is 0 Å². The van der Waals surface area contributed by atoms with Crippen LogP contribution < -0.4 is 5.32 Å². The standard InChI is InChI=1S/C13H25N3O/c1-4-14-11-13-5-7-16(15-13)8-10-17-9-6-12(2)3/h5,7,12,14H,4,6,8-11H2,1-3H3. The molecule has 0 aliphatic rings. The van der Waals surface area contributed by atoms with E-state index in [1.165, 1.54) is 0 Å². The molecule has 1 rings (SSSR count). The zero-order valence-electron chi connectivity index (χ0n) is 11.3. The Morgan fingerprint density at radius 1 is 1.41 bits per heavy atom. The van der Waals surface area contributed by atoms with Crippen LogP contribution in [0.1, 0.15) is 32.9 Å². The van der Waals surface area contributed by atoms with Crippen molar-refractivity contribution >= 4 is 0 Å². The minimum Gasteiger partial charge on any atom is -0.380 e. The summed E-state index contributed by atoms with van der Waals surface area (Å²) in [6.45, 7) is 10.8. The lowest BCUT2D eigenvalue weighted by Crippen LogP contribution is -2.13. The van der Waals surface area contributed by atoms with Gasteiger partial charge in [0, 0.05) is 19.3 Å². The molecule has 0 aliphatic heterocycles. The molecule has 0 saturated heterocycles. The second-order valence-electron chi connectivity index (χ2n) is 4.65. The minimum absolute atomic E-state index is 0.714. The summed E-state index contributed by atoms with van der Waals surface area (Å²) in [5, 5.41) is 7.71. The highest BCUT2D eigenvalue weighted by Crippen LogP contribution is 1.99. The summed E-state index contributed by atoms with van der Waals surface area (Å²) in [4.78, 5) is 0. The Morgan fingerprint density at radius 3 is 2.94 bits per heavy atom. The van der Waals surface area contributed by atoms with Crippen molar-refractivity contribution in [2.24, 2.45) is 5.92 Å². The van der Waals surface area contributed by atoms with Crippen LogP contribution in [0.5, 0.6) is 0 Å². The third-order valence-electron chi connectivity index (χ3n) is 2.56. The van der Waals surface area contributed by atoms with Crippen LogP contribution in [0.2, 0.25) is 0 Å². The van der Waals surface area contributed by atoms with Gasteiger partial charge < -0.3 is 10.1 Å². The van der Waals surface area contributed by atoms with Crippen molar-refractivity contribution in [2.75, 3.05) is 19.8 Å². The van der Waals surface area contributed by atoms with E-state index >= 15 is 0 Å². The van der Waals surface area contributed by atoms with Crippen molar-refractivity contribution in [3.05, 3.63) is 18.0 Å². The number of hydrogen-bond acceptors (Lipinski definition) is 3. The highest BCUT2D eigenvalue weighted by atomic mass is 16.5. The quantitative estimate of drug-likeness (QED) is 0.670. The lowest BCUT2D eigenvalue weighted by Gasteiger charge is -2.06. The number of nitrogens with zero attached hydrogens (tertiary/aromatic N) is 2.